The van der Waals surface area contributed by atoms with E-state index in [1.807, 2.05) is 0 Å². The molecule has 6 heteroatoms. The highest BCUT2D eigenvalue weighted by Crippen LogP contribution is 2.17. The monoisotopic (exact) mass is 333 g/mol. The molecule has 0 radical (unpaired) electrons. The standard InChI is InChI=1S/C17H16ClNO4/c1-2-22-17(21)12-5-3-7-14(9-12)19-16(20)11-23-15-8-4-6-13(18)10-15/h3-10H,2,11H2,1H3,(H,19,20). The van der Waals surface area contributed by atoms with Crippen molar-refractivity contribution in [2.45, 2.75) is 6.92 Å². The first kappa shape index (κ1) is 16.8. The SMILES string of the molecule is CCOC(=O)c1cccc(NC(=O)COc2cccc(Cl)c2)c1. The normalized spacial score (nSPS) is 10.0. The average molecular weight is 334 g/mol. The number of anilines is 1. The second kappa shape index (κ2) is 8.19. The van der Waals surface area contributed by atoms with Crippen molar-refractivity contribution in [3.63, 3.8) is 0 Å². The van der Waals surface area contributed by atoms with Crippen LogP contribution in [0.15, 0.2) is 48.5 Å². The third-order valence-electron chi connectivity index (χ3n) is 2.82. The summed E-state index contributed by atoms with van der Waals surface area (Å²) >= 11 is 5.84. The van der Waals surface area contributed by atoms with E-state index >= 15 is 0 Å². The Bertz CT molecular complexity index is 702. The van der Waals surface area contributed by atoms with Crippen LogP contribution in [0.2, 0.25) is 5.02 Å². The van der Waals surface area contributed by atoms with Gasteiger partial charge in [-0.2, -0.15) is 0 Å². The van der Waals surface area contributed by atoms with Crippen molar-refractivity contribution in [1.29, 1.82) is 0 Å². The third kappa shape index (κ3) is 5.30. The predicted molar refractivity (Wildman–Crippen MR) is 88.0 cm³/mol. The Hall–Kier alpha value is -2.53. The summed E-state index contributed by atoms with van der Waals surface area (Å²) in [5, 5.41) is 3.19. The van der Waals surface area contributed by atoms with Gasteiger partial charge < -0.3 is 14.8 Å². The van der Waals surface area contributed by atoms with Crippen LogP contribution in [0.25, 0.3) is 0 Å². The maximum absolute atomic E-state index is 11.9. The van der Waals surface area contributed by atoms with E-state index in [4.69, 9.17) is 21.1 Å². The summed E-state index contributed by atoms with van der Waals surface area (Å²) in [6.07, 6.45) is 0. The van der Waals surface area contributed by atoms with Crippen LogP contribution in [0, 0.1) is 0 Å². The highest BCUT2D eigenvalue weighted by molar-refractivity contribution is 6.30. The number of hydrogen-bond acceptors (Lipinski definition) is 4. The number of benzene rings is 2. The maximum atomic E-state index is 11.9. The summed E-state index contributed by atoms with van der Waals surface area (Å²) in [6.45, 7) is 1.86. The smallest absolute Gasteiger partial charge is 0.338 e. The van der Waals surface area contributed by atoms with E-state index in [1.165, 1.54) is 0 Å². The number of carbonyl (C=O) groups excluding carboxylic acids is 2. The van der Waals surface area contributed by atoms with E-state index in [0.717, 1.165) is 0 Å². The minimum atomic E-state index is -0.432. The molecule has 120 valence electrons. The number of esters is 1. The van der Waals surface area contributed by atoms with E-state index in [-0.39, 0.29) is 12.5 Å². The molecular weight excluding hydrogens is 318 g/mol. The van der Waals surface area contributed by atoms with E-state index in [9.17, 15) is 9.59 Å². The molecule has 0 aromatic heterocycles. The van der Waals surface area contributed by atoms with Crippen molar-refractivity contribution in [3.8, 4) is 5.75 Å². The molecule has 0 saturated carbocycles. The third-order valence-corrected chi connectivity index (χ3v) is 3.06. The van der Waals surface area contributed by atoms with E-state index in [1.54, 1.807) is 55.5 Å². The Morgan fingerprint density at radius 3 is 2.65 bits per heavy atom. The fourth-order valence-electron chi connectivity index (χ4n) is 1.84. The zero-order valence-electron chi connectivity index (χ0n) is 12.5. The number of amides is 1. The molecule has 2 aromatic rings. The molecular formula is C17H16ClNO4. The minimum Gasteiger partial charge on any atom is -0.484 e. The summed E-state index contributed by atoms with van der Waals surface area (Å²) in [7, 11) is 0. The molecule has 5 nitrogen and oxygen atoms in total. The lowest BCUT2D eigenvalue weighted by Crippen LogP contribution is -2.20. The van der Waals surface area contributed by atoms with Gasteiger partial charge in [-0.3, -0.25) is 4.79 Å². The van der Waals surface area contributed by atoms with Crippen molar-refractivity contribution in [2.75, 3.05) is 18.5 Å². The van der Waals surface area contributed by atoms with Gasteiger partial charge in [-0.05, 0) is 43.3 Å². The Morgan fingerprint density at radius 1 is 1.13 bits per heavy atom. The van der Waals surface area contributed by atoms with Crippen molar-refractivity contribution in [3.05, 3.63) is 59.1 Å². The minimum absolute atomic E-state index is 0.163. The molecule has 0 saturated heterocycles. The highest BCUT2D eigenvalue weighted by Gasteiger charge is 2.09. The van der Waals surface area contributed by atoms with Crippen molar-refractivity contribution < 1.29 is 19.1 Å². The first-order valence-corrected chi connectivity index (χ1v) is 7.41. The first-order valence-electron chi connectivity index (χ1n) is 7.04. The van der Waals surface area contributed by atoms with Crippen LogP contribution >= 0.6 is 11.6 Å². The van der Waals surface area contributed by atoms with Crippen LogP contribution in [0.5, 0.6) is 5.75 Å². The van der Waals surface area contributed by atoms with Crippen LogP contribution in [-0.2, 0) is 9.53 Å². The molecule has 1 N–H and O–H groups in total. The lowest BCUT2D eigenvalue weighted by molar-refractivity contribution is -0.118. The number of carbonyl (C=O) groups is 2. The largest absolute Gasteiger partial charge is 0.484 e. The fraction of sp³-hybridized carbons (Fsp3) is 0.176. The summed E-state index contributed by atoms with van der Waals surface area (Å²) in [5.74, 6) is -0.266. The molecule has 0 bridgehead atoms. The molecule has 2 rings (SSSR count). The maximum Gasteiger partial charge on any atom is 0.338 e. The number of hydrogen-bond donors (Lipinski definition) is 1. The molecule has 1 amide bonds. The summed E-state index contributed by atoms with van der Waals surface area (Å²) in [4.78, 5) is 23.5. The highest BCUT2D eigenvalue weighted by atomic mass is 35.5. The zero-order valence-corrected chi connectivity index (χ0v) is 13.3. The van der Waals surface area contributed by atoms with Gasteiger partial charge in [0, 0.05) is 10.7 Å². The van der Waals surface area contributed by atoms with Crippen LogP contribution in [0.3, 0.4) is 0 Å². The predicted octanol–water partition coefficient (Wildman–Crippen LogP) is 3.53. The Morgan fingerprint density at radius 2 is 1.91 bits per heavy atom. The molecule has 0 unspecified atom stereocenters. The van der Waals surface area contributed by atoms with Crippen molar-refractivity contribution in [1.82, 2.24) is 0 Å². The first-order chi connectivity index (χ1) is 11.1. The number of nitrogens with one attached hydrogen (secondary N) is 1. The van der Waals surface area contributed by atoms with Crippen molar-refractivity contribution in [2.24, 2.45) is 0 Å². The van der Waals surface area contributed by atoms with Crippen LogP contribution in [-0.4, -0.2) is 25.1 Å². The van der Waals surface area contributed by atoms with Gasteiger partial charge in [-0.25, -0.2) is 4.79 Å². The lowest BCUT2D eigenvalue weighted by atomic mass is 10.2. The Labute approximate surface area is 139 Å². The van der Waals surface area contributed by atoms with Gasteiger partial charge in [-0.15, -0.1) is 0 Å². The van der Waals surface area contributed by atoms with Crippen LogP contribution < -0.4 is 10.1 Å². The van der Waals surface area contributed by atoms with Gasteiger partial charge in [0.2, 0.25) is 0 Å². The molecule has 0 aliphatic heterocycles. The second-order valence-electron chi connectivity index (χ2n) is 4.60. The van der Waals surface area contributed by atoms with Gasteiger partial charge in [-0.1, -0.05) is 23.7 Å². The van der Waals surface area contributed by atoms with Crippen LogP contribution in [0.4, 0.5) is 5.69 Å². The molecule has 0 spiro atoms. The fourth-order valence-corrected chi connectivity index (χ4v) is 2.02. The van der Waals surface area contributed by atoms with Gasteiger partial charge in [0.05, 0.1) is 12.2 Å². The molecule has 0 heterocycles. The van der Waals surface area contributed by atoms with Gasteiger partial charge >= 0.3 is 5.97 Å². The van der Waals surface area contributed by atoms with Gasteiger partial charge in [0.15, 0.2) is 6.61 Å². The molecule has 0 fully saturated rings. The van der Waals surface area contributed by atoms with E-state index in [2.05, 4.69) is 5.32 Å². The second-order valence-corrected chi connectivity index (χ2v) is 5.03. The molecule has 0 atom stereocenters. The number of halogens is 1. The van der Waals surface area contributed by atoms with Gasteiger partial charge in [0.25, 0.3) is 5.91 Å². The summed E-state index contributed by atoms with van der Waals surface area (Å²) in [6, 6.07) is 13.3. The average Bonchev–Trinajstić information content (AvgIpc) is 2.53. The van der Waals surface area contributed by atoms with Gasteiger partial charge in [0.1, 0.15) is 5.75 Å². The molecule has 23 heavy (non-hydrogen) atoms. The zero-order chi connectivity index (χ0) is 16.7. The number of ether oxygens (including phenoxy) is 2. The van der Waals surface area contributed by atoms with Crippen molar-refractivity contribution >= 4 is 29.2 Å². The number of rotatable bonds is 6. The van der Waals surface area contributed by atoms with E-state index < -0.39 is 5.97 Å². The topological polar surface area (TPSA) is 64.6 Å². The van der Waals surface area contributed by atoms with Crippen LogP contribution in [0.1, 0.15) is 17.3 Å². The molecule has 0 aliphatic carbocycles. The van der Waals surface area contributed by atoms with E-state index in [0.29, 0.717) is 28.6 Å². The summed E-state index contributed by atoms with van der Waals surface area (Å²) in [5.41, 5.74) is 0.871. The summed E-state index contributed by atoms with van der Waals surface area (Å²) < 4.78 is 10.3. The Balaban J connectivity index is 1.92. The Kier molecular flexibility index (Phi) is 6.00. The lowest BCUT2D eigenvalue weighted by Gasteiger charge is -2.09. The molecule has 2 aromatic carbocycles. The quantitative estimate of drug-likeness (QED) is 0.821. The molecule has 0 aliphatic rings.